The third-order valence-corrected chi connectivity index (χ3v) is 2.78. The van der Waals surface area contributed by atoms with Crippen molar-refractivity contribution >= 4 is 16.8 Å². The van der Waals surface area contributed by atoms with E-state index in [1.807, 2.05) is 24.4 Å². The molecule has 1 amide bonds. The molecule has 0 bridgehead atoms. The van der Waals surface area contributed by atoms with Crippen molar-refractivity contribution in [3.05, 3.63) is 35.5 Å². The van der Waals surface area contributed by atoms with Gasteiger partial charge in [0.2, 0.25) is 5.91 Å². The van der Waals surface area contributed by atoms with E-state index >= 15 is 0 Å². The van der Waals surface area contributed by atoms with Gasteiger partial charge in [-0.15, -0.1) is 0 Å². The first-order chi connectivity index (χ1) is 8.20. The molecule has 4 heteroatoms. The van der Waals surface area contributed by atoms with E-state index in [2.05, 4.69) is 10.3 Å². The zero-order chi connectivity index (χ0) is 12.3. The van der Waals surface area contributed by atoms with Crippen LogP contribution in [0.15, 0.2) is 24.4 Å². The summed E-state index contributed by atoms with van der Waals surface area (Å²) in [4.78, 5) is 14.0. The summed E-state index contributed by atoms with van der Waals surface area (Å²) in [7, 11) is 0. The molecule has 90 valence electrons. The van der Waals surface area contributed by atoms with Crippen LogP contribution in [0, 0.1) is 0 Å². The Morgan fingerprint density at radius 1 is 1.47 bits per heavy atom. The quantitative estimate of drug-likeness (QED) is 0.744. The first-order valence-electron chi connectivity index (χ1n) is 5.65. The van der Waals surface area contributed by atoms with Gasteiger partial charge in [0.1, 0.15) is 0 Å². The van der Waals surface area contributed by atoms with Crippen molar-refractivity contribution in [1.29, 1.82) is 0 Å². The normalized spacial score (nSPS) is 10.7. The van der Waals surface area contributed by atoms with E-state index in [1.54, 1.807) is 0 Å². The molecule has 0 aliphatic rings. The molecule has 4 nitrogen and oxygen atoms in total. The van der Waals surface area contributed by atoms with Crippen LogP contribution in [0.4, 0.5) is 0 Å². The minimum Gasteiger partial charge on any atom is -0.392 e. The van der Waals surface area contributed by atoms with Crippen LogP contribution < -0.4 is 5.32 Å². The van der Waals surface area contributed by atoms with E-state index in [9.17, 15) is 4.79 Å². The van der Waals surface area contributed by atoms with Crippen molar-refractivity contribution in [2.24, 2.45) is 0 Å². The first-order valence-corrected chi connectivity index (χ1v) is 5.65. The van der Waals surface area contributed by atoms with Gasteiger partial charge in [-0.2, -0.15) is 0 Å². The highest BCUT2D eigenvalue weighted by molar-refractivity contribution is 5.84. The molecule has 17 heavy (non-hydrogen) atoms. The average molecular weight is 232 g/mol. The smallest absolute Gasteiger partial charge is 0.216 e. The van der Waals surface area contributed by atoms with Gasteiger partial charge in [-0.3, -0.25) is 4.79 Å². The number of H-pyrrole nitrogens is 1. The number of amides is 1. The second-order valence-electron chi connectivity index (χ2n) is 4.08. The summed E-state index contributed by atoms with van der Waals surface area (Å²) in [5.74, 6) is -0.0131. The van der Waals surface area contributed by atoms with Gasteiger partial charge >= 0.3 is 0 Å². The molecule has 2 aromatic rings. The molecule has 3 N–H and O–H groups in total. The van der Waals surface area contributed by atoms with E-state index in [0.29, 0.717) is 6.54 Å². The van der Waals surface area contributed by atoms with Crippen LogP contribution >= 0.6 is 0 Å². The second-order valence-corrected chi connectivity index (χ2v) is 4.08. The summed E-state index contributed by atoms with van der Waals surface area (Å²) in [5, 5.41) is 13.0. The standard InChI is InChI=1S/C13H16N2O2/c1-9(17)14-5-4-11-7-15-13-3-2-10(8-16)6-12(11)13/h2-3,6-7,15-16H,4-5,8H2,1H3,(H,14,17). The van der Waals surface area contributed by atoms with E-state index in [4.69, 9.17) is 5.11 Å². The topological polar surface area (TPSA) is 65.1 Å². The molecule has 0 saturated heterocycles. The highest BCUT2D eigenvalue weighted by atomic mass is 16.3. The lowest BCUT2D eigenvalue weighted by Crippen LogP contribution is -2.22. The van der Waals surface area contributed by atoms with Crippen molar-refractivity contribution in [1.82, 2.24) is 10.3 Å². The van der Waals surface area contributed by atoms with Crippen molar-refractivity contribution in [3.8, 4) is 0 Å². The van der Waals surface area contributed by atoms with Crippen LogP contribution in [0.5, 0.6) is 0 Å². The fraction of sp³-hybridized carbons (Fsp3) is 0.308. The minimum absolute atomic E-state index is 0.0131. The molecular formula is C13H16N2O2. The fourth-order valence-corrected chi connectivity index (χ4v) is 1.90. The van der Waals surface area contributed by atoms with Crippen molar-refractivity contribution in [3.63, 3.8) is 0 Å². The third-order valence-electron chi connectivity index (χ3n) is 2.78. The molecule has 0 aliphatic carbocycles. The highest BCUT2D eigenvalue weighted by Crippen LogP contribution is 2.20. The van der Waals surface area contributed by atoms with Crippen LogP contribution in [0.3, 0.4) is 0 Å². The number of aliphatic hydroxyl groups is 1. The predicted molar refractivity (Wildman–Crippen MR) is 66.6 cm³/mol. The maximum absolute atomic E-state index is 10.8. The van der Waals surface area contributed by atoms with Crippen LogP contribution in [-0.4, -0.2) is 22.5 Å². The molecule has 0 radical (unpaired) electrons. The van der Waals surface area contributed by atoms with Gasteiger partial charge in [0.25, 0.3) is 0 Å². The van der Waals surface area contributed by atoms with Crippen LogP contribution in [0.2, 0.25) is 0 Å². The molecule has 1 aromatic carbocycles. The average Bonchev–Trinajstić information content (AvgIpc) is 2.71. The lowest BCUT2D eigenvalue weighted by Gasteiger charge is -2.02. The van der Waals surface area contributed by atoms with E-state index < -0.39 is 0 Å². The number of carbonyl (C=O) groups excluding carboxylic acids is 1. The van der Waals surface area contributed by atoms with Gasteiger partial charge in [-0.05, 0) is 29.7 Å². The maximum Gasteiger partial charge on any atom is 0.216 e. The molecular weight excluding hydrogens is 216 g/mol. The van der Waals surface area contributed by atoms with E-state index in [1.165, 1.54) is 6.92 Å². The Bertz CT molecular complexity index is 531. The monoisotopic (exact) mass is 232 g/mol. The maximum atomic E-state index is 10.8. The number of rotatable bonds is 4. The molecule has 2 rings (SSSR count). The summed E-state index contributed by atoms with van der Waals surface area (Å²) in [6, 6.07) is 5.84. The van der Waals surface area contributed by atoms with Gasteiger partial charge in [0.05, 0.1) is 6.61 Å². The van der Waals surface area contributed by atoms with Crippen molar-refractivity contribution in [2.45, 2.75) is 20.0 Å². The molecule has 0 spiro atoms. The second kappa shape index (κ2) is 5.01. The number of aliphatic hydroxyl groups excluding tert-OH is 1. The van der Waals surface area contributed by atoms with Gasteiger partial charge in [0, 0.05) is 30.6 Å². The SMILES string of the molecule is CC(=O)NCCc1c[nH]c2ccc(CO)cc12. The Balaban J connectivity index is 2.19. The molecule has 1 heterocycles. The number of carbonyl (C=O) groups is 1. The van der Waals surface area contributed by atoms with Crippen LogP contribution in [-0.2, 0) is 17.8 Å². The summed E-state index contributed by atoms with van der Waals surface area (Å²) in [5.41, 5.74) is 3.11. The number of benzene rings is 1. The Morgan fingerprint density at radius 3 is 3.00 bits per heavy atom. The predicted octanol–water partition coefficient (Wildman–Crippen LogP) is 1.34. The third kappa shape index (κ3) is 2.65. The minimum atomic E-state index is -0.0131. The molecule has 0 aliphatic heterocycles. The Kier molecular flexibility index (Phi) is 3.44. The largest absolute Gasteiger partial charge is 0.392 e. The summed E-state index contributed by atoms with van der Waals surface area (Å²) < 4.78 is 0. The number of fused-ring (bicyclic) bond motifs is 1. The summed E-state index contributed by atoms with van der Waals surface area (Å²) in [6.07, 6.45) is 2.74. The highest BCUT2D eigenvalue weighted by Gasteiger charge is 2.04. The lowest BCUT2D eigenvalue weighted by molar-refractivity contribution is -0.118. The molecule has 0 atom stereocenters. The van der Waals surface area contributed by atoms with Crippen LogP contribution in [0.1, 0.15) is 18.1 Å². The molecule has 1 aromatic heterocycles. The van der Waals surface area contributed by atoms with Gasteiger partial charge in [-0.1, -0.05) is 6.07 Å². The Labute approximate surface area is 99.7 Å². The number of hydrogen-bond donors (Lipinski definition) is 3. The Morgan fingerprint density at radius 2 is 2.29 bits per heavy atom. The zero-order valence-electron chi connectivity index (χ0n) is 9.79. The zero-order valence-corrected chi connectivity index (χ0v) is 9.79. The lowest BCUT2D eigenvalue weighted by atomic mass is 10.1. The number of aromatic nitrogens is 1. The van der Waals surface area contributed by atoms with Crippen molar-refractivity contribution in [2.75, 3.05) is 6.54 Å². The summed E-state index contributed by atoms with van der Waals surface area (Å²) >= 11 is 0. The number of aromatic amines is 1. The molecule has 0 saturated carbocycles. The molecule has 0 fully saturated rings. The fourth-order valence-electron chi connectivity index (χ4n) is 1.90. The Hall–Kier alpha value is -1.81. The summed E-state index contributed by atoms with van der Waals surface area (Å²) in [6.45, 7) is 2.19. The van der Waals surface area contributed by atoms with Gasteiger partial charge < -0.3 is 15.4 Å². The van der Waals surface area contributed by atoms with Crippen molar-refractivity contribution < 1.29 is 9.90 Å². The first kappa shape index (κ1) is 11.7. The van der Waals surface area contributed by atoms with Crippen LogP contribution in [0.25, 0.3) is 10.9 Å². The number of hydrogen-bond acceptors (Lipinski definition) is 2. The molecule has 0 unspecified atom stereocenters. The number of nitrogens with one attached hydrogen (secondary N) is 2. The van der Waals surface area contributed by atoms with E-state index in [-0.39, 0.29) is 12.5 Å². The van der Waals surface area contributed by atoms with E-state index in [0.717, 1.165) is 28.5 Å². The van der Waals surface area contributed by atoms with Gasteiger partial charge in [0.15, 0.2) is 0 Å². The van der Waals surface area contributed by atoms with Gasteiger partial charge in [-0.25, -0.2) is 0 Å².